The molecular formula is C19H22N6OS. The van der Waals surface area contributed by atoms with E-state index in [0.29, 0.717) is 18.1 Å². The van der Waals surface area contributed by atoms with E-state index in [9.17, 15) is 4.79 Å². The Kier molecular flexibility index (Phi) is 3.80. The van der Waals surface area contributed by atoms with Crippen molar-refractivity contribution in [2.45, 2.75) is 38.3 Å². The van der Waals surface area contributed by atoms with Crippen LogP contribution in [-0.4, -0.2) is 42.3 Å². The van der Waals surface area contributed by atoms with Crippen LogP contribution in [0.3, 0.4) is 0 Å². The summed E-state index contributed by atoms with van der Waals surface area (Å²) in [5, 5.41) is 8.83. The van der Waals surface area contributed by atoms with Gasteiger partial charge in [-0.1, -0.05) is 0 Å². The van der Waals surface area contributed by atoms with E-state index in [1.165, 1.54) is 9.75 Å². The highest BCUT2D eigenvalue weighted by molar-refractivity contribution is 7.11. The second-order valence-corrected chi connectivity index (χ2v) is 9.07. The largest absolute Gasteiger partial charge is 0.333 e. The smallest absolute Gasteiger partial charge is 0.283 e. The van der Waals surface area contributed by atoms with Gasteiger partial charge in [0.15, 0.2) is 11.5 Å². The molecule has 3 aromatic rings. The molecule has 1 atom stereocenters. The Morgan fingerprint density at radius 2 is 2.07 bits per heavy atom. The lowest BCUT2D eigenvalue weighted by atomic mass is 9.85. The van der Waals surface area contributed by atoms with Crippen molar-refractivity contribution in [2.75, 3.05) is 13.1 Å². The Bertz CT molecular complexity index is 1070. The molecule has 0 aliphatic carbocycles. The maximum atomic E-state index is 13.0. The molecule has 140 valence electrons. The fraction of sp³-hybridized carbons (Fsp3) is 0.474. The highest BCUT2D eigenvalue weighted by atomic mass is 32.1. The molecule has 0 saturated carbocycles. The van der Waals surface area contributed by atoms with Crippen LogP contribution < -0.4 is 5.56 Å². The topological polar surface area (TPSA) is 68.8 Å². The molecule has 0 N–H and O–H groups in total. The molecule has 0 unspecified atom stereocenters. The number of nitrogens with zero attached hydrogens (tertiary/aromatic N) is 6. The molecule has 0 aromatic carbocycles. The number of likely N-dealkylation sites (tertiary alicyclic amines) is 1. The van der Waals surface area contributed by atoms with Crippen molar-refractivity contribution >= 4 is 11.3 Å². The number of aryl methyl sites for hydroxylation is 2. The Balaban J connectivity index is 1.44. The zero-order valence-electron chi connectivity index (χ0n) is 15.6. The van der Waals surface area contributed by atoms with Gasteiger partial charge in [0, 0.05) is 54.2 Å². The number of imidazole rings is 1. The quantitative estimate of drug-likeness (QED) is 0.693. The van der Waals surface area contributed by atoms with E-state index in [1.54, 1.807) is 6.20 Å². The lowest BCUT2D eigenvalue weighted by Gasteiger charge is -2.22. The lowest BCUT2D eigenvalue weighted by Crippen LogP contribution is -2.33. The standard InChI is InChI=1S/C19H22N6OS/c1-13-3-4-14(27-13)11-24-8-5-19(12-24)6-9-25-17(26)15(21-22-18(19)25)16-20-7-10-23(16)2/h3-4,7,10H,5-6,8-9,11-12H2,1-2H3/t19-/m1/s1. The summed E-state index contributed by atoms with van der Waals surface area (Å²) in [5.74, 6) is 1.43. The third kappa shape index (κ3) is 2.66. The van der Waals surface area contributed by atoms with Crippen LogP contribution in [0.4, 0.5) is 0 Å². The Labute approximate surface area is 161 Å². The van der Waals surface area contributed by atoms with Gasteiger partial charge < -0.3 is 4.57 Å². The van der Waals surface area contributed by atoms with Crippen LogP contribution in [0.5, 0.6) is 0 Å². The Hall–Kier alpha value is -2.32. The van der Waals surface area contributed by atoms with E-state index in [-0.39, 0.29) is 11.0 Å². The molecule has 7 nitrogen and oxygen atoms in total. The average Bonchev–Trinajstić information content (AvgIpc) is 3.41. The van der Waals surface area contributed by atoms with E-state index in [0.717, 1.165) is 38.3 Å². The normalized spacial score (nSPS) is 22.0. The molecule has 2 aliphatic rings. The molecule has 2 aliphatic heterocycles. The van der Waals surface area contributed by atoms with Crippen LogP contribution in [0.15, 0.2) is 29.3 Å². The van der Waals surface area contributed by atoms with Crippen molar-refractivity contribution in [1.29, 1.82) is 0 Å². The predicted octanol–water partition coefficient (Wildman–Crippen LogP) is 1.96. The van der Waals surface area contributed by atoms with Crippen LogP contribution in [-0.2, 0) is 25.6 Å². The van der Waals surface area contributed by atoms with Crippen LogP contribution in [0.25, 0.3) is 11.5 Å². The number of hydrogen-bond donors (Lipinski definition) is 0. The number of rotatable bonds is 3. The summed E-state index contributed by atoms with van der Waals surface area (Å²) in [6.45, 7) is 5.82. The van der Waals surface area contributed by atoms with Gasteiger partial charge in [-0.05, 0) is 38.4 Å². The number of aromatic nitrogens is 5. The van der Waals surface area contributed by atoms with Gasteiger partial charge in [0.05, 0.1) is 0 Å². The predicted molar refractivity (Wildman–Crippen MR) is 104 cm³/mol. The minimum Gasteiger partial charge on any atom is -0.333 e. The van der Waals surface area contributed by atoms with Crippen molar-refractivity contribution in [1.82, 2.24) is 29.2 Å². The SMILES string of the molecule is Cc1ccc(CN2CC[C@@]3(CCn4c3nnc(-c3nccn3C)c4=O)C2)s1. The first-order chi connectivity index (χ1) is 13.1. The fourth-order valence-electron chi connectivity index (χ4n) is 4.46. The number of hydrogen-bond acceptors (Lipinski definition) is 6. The van der Waals surface area contributed by atoms with Crippen molar-refractivity contribution in [3.63, 3.8) is 0 Å². The first kappa shape index (κ1) is 16.8. The first-order valence-electron chi connectivity index (χ1n) is 9.29. The van der Waals surface area contributed by atoms with Crippen LogP contribution >= 0.6 is 11.3 Å². The second kappa shape index (κ2) is 6.10. The summed E-state index contributed by atoms with van der Waals surface area (Å²) in [6.07, 6.45) is 5.49. The van der Waals surface area contributed by atoms with Crippen molar-refractivity contribution in [2.24, 2.45) is 7.05 Å². The van der Waals surface area contributed by atoms with E-state index in [2.05, 4.69) is 39.1 Å². The monoisotopic (exact) mass is 382 g/mol. The summed E-state index contributed by atoms with van der Waals surface area (Å²) in [6, 6.07) is 4.40. The Morgan fingerprint density at radius 1 is 1.22 bits per heavy atom. The second-order valence-electron chi connectivity index (χ2n) is 7.69. The van der Waals surface area contributed by atoms with Gasteiger partial charge in [-0.2, -0.15) is 0 Å². The molecule has 5 rings (SSSR count). The molecule has 3 aromatic heterocycles. The summed E-state index contributed by atoms with van der Waals surface area (Å²) in [5.41, 5.74) is 0.226. The molecule has 27 heavy (non-hydrogen) atoms. The van der Waals surface area contributed by atoms with Gasteiger partial charge >= 0.3 is 0 Å². The summed E-state index contributed by atoms with van der Waals surface area (Å²) in [7, 11) is 1.87. The first-order valence-corrected chi connectivity index (χ1v) is 10.1. The molecule has 1 fully saturated rings. The highest BCUT2D eigenvalue weighted by Crippen LogP contribution is 2.41. The fourth-order valence-corrected chi connectivity index (χ4v) is 5.39. The molecule has 0 amide bonds. The molecule has 1 spiro atoms. The van der Waals surface area contributed by atoms with Crippen LogP contribution in [0.1, 0.15) is 28.4 Å². The zero-order chi connectivity index (χ0) is 18.6. The molecule has 8 heteroatoms. The summed E-state index contributed by atoms with van der Waals surface area (Å²) < 4.78 is 3.64. The minimum atomic E-state index is -0.0708. The molecule has 0 radical (unpaired) electrons. The Morgan fingerprint density at radius 3 is 2.81 bits per heavy atom. The third-order valence-corrected chi connectivity index (χ3v) is 6.86. The van der Waals surface area contributed by atoms with Crippen molar-refractivity contribution in [3.8, 4) is 11.5 Å². The zero-order valence-corrected chi connectivity index (χ0v) is 16.4. The maximum absolute atomic E-state index is 13.0. The summed E-state index contributed by atoms with van der Waals surface area (Å²) >= 11 is 1.86. The van der Waals surface area contributed by atoms with E-state index < -0.39 is 0 Å². The average molecular weight is 382 g/mol. The van der Waals surface area contributed by atoms with E-state index >= 15 is 0 Å². The van der Waals surface area contributed by atoms with Gasteiger partial charge in [0.25, 0.3) is 5.56 Å². The van der Waals surface area contributed by atoms with Crippen LogP contribution in [0.2, 0.25) is 0 Å². The molecule has 1 saturated heterocycles. The van der Waals surface area contributed by atoms with Gasteiger partial charge in [-0.15, -0.1) is 21.5 Å². The van der Waals surface area contributed by atoms with Gasteiger partial charge in [-0.25, -0.2) is 4.98 Å². The lowest BCUT2D eigenvalue weighted by molar-refractivity contribution is 0.301. The highest BCUT2D eigenvalue weighted by Gasteiger charge is 2.47. The van der Waals surface area contributed by atoms with Crippen molar-refractivity contribution < 1.29 is 0 Å². The maximum Gasteiger partial charge on any atom is 0.283 e. The van der Waals surface area contributed by atoms with Crippen LogP contribution in [0, 0.1) is 6.92 Å². The van der Waals surface area contributed by atoms with Gasteiger partial charge in [-0.3, -0.25) is 14.3 Å². The third-order valence-electron chi connectivity index (χ3n) is 5.88. The van der Waals surface area contributed by atoms with Gasteiger partial charge in [0.2, 0.25) is 0 Å². The van der Waals surface area contributed by atoms with Crippen molar-refractivity contribution in [3.05, 3.63) is 50.5 Å². The van der Waals surface area contributed by atoms with E-state index in [1.807, 2.05) is 33.7 Å². The minimum absolute atomic E-state index is 0.0430. The number of thiophene rings is 1. The molecular weight excluding hydrogens is 360 g/mol. The number of fused-ring (bicyclic) bond motifs is 2. The summed E-state index contributed by atoms with van der Waals surface area (Å²) in [4.78, 5) is 22.5. The molecule has 5 heterocycles. The van der Waals surface area contributed by atoms with E-state index in [4.69, 9.17) is 0 Å². The van der Waals surface area contributed by atoms with Gasteiger partial charge in [0.1, 0.15) is 5.82 Å². The molecule has 0 bridgehead atoms.